The van der Waals surface area contributed by atoms with Gasteiger partial charge in [-0.3, -0.25) is 4.79 Å². The first-order valence-corrected chi connectivity index (χ1v) is 5.91. The van der Waals surface area contributed by atoms with Gasteiger partial charge < -0.3 is 15.4 Å². The Labute approximate surface area is 109 Å². The van der Waals surface area contributed by atoms with Crippen molar-refractivity contribution in [3.63, 3.8) is 0 Å². The van der Waals surface area contributed by atoms with Crippen molar-refractivity contribution in [3.05, 3.63) is 46.3 Å². The minimum atomic E-state index is -0.579. The standard InChI is InChI=1S/C13H14FN3O2/c1-2-15-7-10-16-12(18)11(13(19)17-10)8-5-3-4-6-9(8)14/h3-6,15H,2,7H2,1H3,(H2,16,17,18,19). The summed E-state index contributed by atoms with van der Waals surface area (Å²) < 4.78 is 13.6. The normalized spacial score (nSPS) is 10.6. The van der Waals surface area contributed by atoms with Gasteiger partial charge in [-0.2, -0.15) is 4.98 Å². The van der Waals surface area contributed by atoms with E-state index in [1.807, 2.05) is 6.92 Å². The van der Waals surface area contributed by atoms with E-state index in [0.29, 0.717) is 18.9 Å². The van der Waals surface area contributed by atoms with Gasteiger partial charge in [0.25, 0.3) is 5.56 Å². The molecule has 0 saturated carbocycles. The molecule has 6 heteroatoms. The number of hydrogen-bond donors (Lipinski definition) is 3. The number of nitrogens with zero attached hydrogens (tertiary/aromatic N) is 1. The fraction of sp³-hybridized carbons (Fsp3) is 0.231. The Hall–Kier alpha value is -2.21. The van der Waals surface area contributed by atoms with Crippen LogP contribution in [0.4, 0.5) is 4.39 Å². The zero-order chi connectivity index (χ0) is 13.8. The summed E-state index contributed by atoms with van der Waals surface area (Å²) in [7, 11) is 0. The van der Waals surface area contributed by atoms with Crippen molar-refractivity contribution in [1.29, 1.82) is 0 Å². The number of aromatic hydroxyl groups is 1. The van der Waals surface area contributed by atoms with E-state index in [4.69, 9.17) is 0 Å². The number of H-pyrrole nitrogens is 1. The number of aromatic amines is 1. The van der Waals surface area contributed by atoms with Gasteiger partial charge in [-0.25, -0.2) is 4.39 Å². The molecule has 5 nitrogen and oxygen atoms in total. The van der Waals surface area contributed by atoms with Gasteiger partial charge in [-0.05, 0) is 12.6 Å². The van der Waals surface area contributed by atoms with Crippen molar-refractivity contribution >= 4 is 0 Å². The van der Waals surface area contributed by atoms with Gasteiger partial charge >= 0.3 is 0 Å². The molecule has 0 radical (unpaired) electrons. The molecular formula is C13H14FN3O2. The van der Waals surface area contributed by atoms with E-state index >= 15 is 0 Å². The molecule has 0 spiro atoms. The SMILES string of the molecule is CCNCc1nc(O)c(-c2ccccc2F)c(=O)[nH]1. The lowest BCUT2D eigenvalue weighted by Crippen LogP contribution is -2.20. The highest BCUT2D eigenvalue weighted by atomic mass is 19.1. The van der Waals surface area contributed by atoms with Gasteiger partial charge in [0.2, 0.25) is 5.88 Å². The van der Waals surface area contributed by atoms with Crippen LogP contribution in [0.3, 0.4) is 0 Å². The van der Waals surface area contributed by atoms with Gasteiger partial charge in [0.05, 0.1) is 6.54 Å². The highest BCUT2D eigenvalue weighted by Gasteiger charge is 2.15. The van der Waals surface area contributed by atoms with Crippen LogP contribution < -0.4 is 10.9 Å². The summed E-state index contributed by atoms with van der Waals surface area (Å²) in [6, 6.07) is 5.74. The second-order valence-corrected chi connectivity index (χ2v) is 3.97. The highest BCUT2D eigenvalue weighted by molar-refractivity contribution is 5.67. The van der Waals surface area contributed by atoms with Crippen LogP contribution in [-0.2, 0) is 6.54 Å². The summed E-state index contributed by atoms with van der Waals surface area (Å²) in [5, 5.41) is 12.8. The van der Waals surface area contributed by atoms with Crippen molar-refractivity contribution in [3.8, 4) is 17.0 Å². The van der Waals surface area contributed by atoms with Gasteiger partial charge in [-0.15, -0.1) is 0 Å². The smallest absolute Gasteiger partial charge is 0.262 e. The van der Waals surface area contributed by atoms with E-state index in [9.17, 15) is 14.3 Å². The molecule has 0 aliphatic heterocycles. The van der Waals surface area contributed by atoms with E-state index in [2.05, 4.69) is 15.3 Å². The third-order valence-corrected chi connectivity index (χ3v) is 2.63. The van der Waals surface area contributed by atoms with Crippen LogP contribution in [0.2, 0.25) is 0 Å². The summed E-state index contributed by atoms with van der Waals surface area (Å²) in [5.74, 6) is -0.740. The molecule has 0 bridgehead atoms. The maximum absolute atomic E-state index is 13.6. The van der Waals surface area contributed by atoms with Gasteiger partial charge in [-0.1, -0.05) is 25.1 Å². The molecule has 0 aliphatic rings. The molecule has 0 aliphatic carbocycles. The summed E-state index contributed by atoms with van der Waals surface area (Å²) >= 11 is 0. The lowest BCUT2D eigenvalue weighted by molar-refractivity contribution is 0.448. The third-order valence-electron chi connectivity index (χ3n) is 2.63. The Kier molecular flexibility index (Phi) is 3.91. The molecule has 0 saturated heterocycles. The zero-order valence-electron chi connectivity index (χ0n) is 10.4. The minimum Gasteiger partial charge on any atom is -0.493 e. The first-order valence-electron chi connectivity index (χ1n) is 5.91. The molecule has 3 N–H and O–H groups in total. The second-order valence-electron chi connectivity index (χ2n) is 3.97. The predicted molar refractivity (Wildman–Crippen MR) is 69.3 cm³/mol. The second kappa shape index (κ2) is 5.62. The fourth-order valence-electron chi connectivity index (χ4n) is 1.74. The Morgan fingerprint density at radius 2 is 2.16 bits per heavy atom. The molecule has 1 aromatic heterocycles. The molecule has 2 aromatic rings. The van der Waals surface area contributed by atoms with E-state index in [-0.39, 0.29) is 11.1 Å². The van der Waals surface area contributed by atoms with E-state index in [1.54, 1.807) is 6.07 Å². The van der Waals surface area contributed by atoms with Crippen LogP contribution in [0, 0.1) is 5.82 Å². The number of rotatable bonds is 4. The first kappa shape index (κ1) is 13.2. The van der Waals surface area contributed by atoms with Gasteiger partial charge in [0.15, 0.2) is 0 Å². The van der Waals surface area contributed by atoms with Crippen LogP contribution in [-0.4, -0.2) is 21.6 Å². The number of benzene rings is 1. The third kappa shape index (κ3) is 2.79. The van der Waals surface area contributed by atoms with Crippen LogP contribution in [0.25, 0.3) is 11.1 Å². The predicted octanol–water partition coefficient (Wildman–Crippen LogP) is 1.39. The van der Waals surface area contributed by atoms with E-state index in [1.165, 1.54) is 18.2 Å². The van der Waals surface area contributed by atoms with Crippen molar-refractivity contribution in [1.82, 2.24) is 15.3 Å². The minimum absolute atomic E-state index is 0.0313. The average Bonchev–Trinajstić information content (AvgIpc) is 2.38. The van der Waals surface area contributed by atoms with Crippen LogP contribution in [0.1, 0.15) is 12.7 Å². The first-order chi connectivity index (χ1) is 9.13. The molecule has 2 rings (SSSR count). The Morgan fingerprint density at radius 1 is 1.42 bits per heavy atom. The monoisotopic (exact) mass is 263 g/mol. The van der Waals surface area contributed by atoms with Crippen LogP contribution >= 0.6 is 0 Å². The molecule has 0 unspecified atom stereocenters. The number of halogens is 1. The molecule has 0 atom stereocenters. The van der Waals surface area contributed by atoms with Crippen molar-refractivity contribution in [2.45, 2.75) is 13.5 Å². The lowest BCUT2D eigenvalue weighted by Gasteiger charge is -2.07. The Morgan fingerprint density at radius 3 is 2.79 bits per heavy atom. The number of aromatic nitrogens is 2. The average molecular weight is 263 g/mol. The lowest BCUT2D eigenvalue weighted by atomic mass is 10.1. The highest BCUT2D eigenvalue weighted by Crippen LogP contribution is 2.25. The zero-order valence-corrected chi connectivity index (χ0v) is 10.4. The number of hydrogen-bond acceptors (Lipinski definition) is 4. The quantitative estimate of drug-likeness (QED) is 0.779. The van der Waals surface area contributed by atoms with Crippen molar-refractivity contribution in [2.75, 3.05) is 6.54 Å². The van der Waals surface area contributed by atoms with Crippen LogP contribution in [0.15, 0.2) is 29.1 Å². The largest absolute Gasteiger partial charge is 0.493 e. The summed E-state index contributed by atoms with van der Waals surface area (Å²) in [6.07, 6.45) is 0. The maximum atomic E-state index is 13.6. The molecule has 1 aromatic carbocycles. The van der Waals surface area contributed by atoms with E-state index < -0.39 is 17.3 Å². The van der Waals surface area contributed by atoms with Crippen molar-refractivity contribution < 1.29 is 9.50 Å². The van der Waals surface area contributed by atoms with Crippen LogP contribution in [0.5, 0.6) is 5.88 Å². The van der Waals surface area contributed by atoms with E-state index in [0.717, 1.165) is 0 Å². The van der Waals surface area contributed by atoms with Gasteiger partial charge in [0, 0.05) is 5.56 Å². The summed E-state index contributed by atoms with van der Waals surface area (Å²) in [4.78, 5) is 18.3. The Balaban J connectivity index is 2.49. The molecule has 1 heterocycles. The molecule has 100 valence electrons. The molecule has 0 fully saturated rings. The van der Waals surface area contributed by atoms with Crippen molar-refractivity contribution in [2.24, 2.45) is 0 Å². The number of nitrogens with one attached hydrogen (secondary N) is 2. The Bertz CT molecular complexity index is 640. The topological polar surface area (TPSA) is 78.0 Å². The molecule has 0 amide bonds. The van der Waals surface area contributed by atoms with Gasteiger partial charge in [0.1, 0.15) is 17.2 Å². The summed E-state index contributed by atoms with van der Waals surface area (Å²) in [6.45, 7) is 2.95. The molecular weight excluding hydrogens is 249 g/mol. The summed E-state index contributed by atoms with van der Waals surface area (Å²) in [5.41, 5.74) is -0.687. The maximum Gasteiger partial charge on any atom is 0.262 e. The fourth-order valence-corrected chi connectivity index (χ4v) is 1.74. The molecule has 19 heavy (non-hydrogen) atoms.